The van der Waals surface area contributed by atoms with Gasteiger partial charge in [-0.2, -0.15) is 0 Å². The Balaban J connectivity index is 1.83. The molecule has 1 saturated carbocycles. The summed E-state index contributed by atoms with van der Waals surface area (Å²) in [5.41, 5.74) is 5.60. The lowest BCUT2D eigenvalue weighted by atomic mass is 9.72. The van der Waals surface area contributed by atoms with Gasteiger partial charge in [-0.3, -0.25) is 4.79 Å². The van der Waals surface area contributed by atoms with Crippen molar-refractivity contribution in [1.82, 2.24) is 0 Å². The number of rotatable bonds is 4. The van der Waals surface area contributed by atoms with E-state index in [1.54, 1.807) is 11.3 Å². The molecule has 0 aromatic carbocycles. The van der Waals surface area contributed by atoms with Gasteiger partial charge in [-0.05, 0) is 31.2 Å². The molecule has 1 heterocycles. The summed E-state index contributed by atoms with van der Waals surface area (Å²) in [6.45, 7) is 2.41. The molecule has 0 radical (unpaired) electrons. The first-order valence-electron chi connectivity index (χ1n) is 6.58. The zero-order chi connectivity index (χ0) is 13.0. The summed E-state index contributed by atoms with van der Waals surface area (Å²) in [6.07, 6.45) is 4.78. The van der Waals surface area contributed by atoms with Crippen LogP contribution in [0.15, 0.2) is 17.5 Å². The SMILES string of the molecule is CC1(C(=O)OCCc2cccs2)CCCCC1N. The maximum absolute atomic E-state index is 12.2. The lowest BCUT2D eigenvalue weighted by Crippen LogP contribution is -2.48. The molecule has 1 aliphatic rings. The monoisotopic (exact) mass is 267 g/mol. The zero-order valence-corrected chi connectivity index (χ0v) is 11.7. The van der Waals surface area contributed by atoms with Crippen molar-refractivity contribution in [3.8, 4) is 0 Å². The summed E-state index contributed by atoms with van der Waals surface area (Å²) in [7, 11) is 0. The smallest absolute Gasteiger partial charge is 0.313 e. The van der Waals surface area contributed by atoms with Crippen LogP contribution in [0.4, 0.5) is 0 Å². The Morgan fingerprint density at radius 3 is 3.11 bits per heavy atom. The Hall–Kier alpha value is -0.870. The molecule has 0 spiro atoms. The van der Waals surface area contributed by atoms with E-state index in [9.17, 15) is 4.79 Å². The molecular weight excluding hydrogens is 246 g/mol. The average Bonchev–Trinajstić information content (AvgIpc) is 2.86. The summed E-state index contributed by atoms with van der Waals surface area (Å²) < 4.78 is 5.42. The van der Waals surface area contributed by atoms with E-state index in [2.05, 4.69) is 6.07 Å². The molecule has 2 atom stereocenters. The van der Waals surface area contributed by atoms with Gasteiger partial charge in [-0.25, -0.2) is 0 Å². The number of esters is 1. The van der Waals surface area contributed by atoms with Crippen molar-refractivity contribution in [3.05, 3.63) is 22.4 Å². The highest BCUT2D eigenvalue weighted by atomic mass is 32.1. The molecule has 2 rings (SSSR count). The molecule has 2 N–H and O–H groups in total. The van der Waals surface area contributed by atoms with Gasteiger partial charge in [-0.15, -0.1) is 11.3 Å². The topological polar surface area (TPSA) is 52.3 Å². The first kappa shape index (κ1) is 13.6. The van der Waals surface area contributed by atoms with Crippen LogP contribution < -0.4 is 5.73 Å². The normalized spacial score (nSPS) is 28.0. The summed E-state index contributed by atoms with van der Waals surface area (Å²) >= 11 is 1.69. The second-order valence-electron chi connectivity index (χ2n) is 5.24. The first-order valence-corrected chi connectivity index (χ1v) is 7.46. The predicted octanol–water partition coefficient (Wildman–Crippen LogP) is 2.74. The highest BCUT2D eigenvalue weighted by Crippen LogP contribution is 2.36. The molecular formula is C14H21NO2S. The van der Waals surface area contributed by atoms with E-state index in [1.165, 1.54) is 4.88 Å². The molecule has 1 aromatic heterocycles. The van der Waals surface area contributed by atoms with Crippen LogP contribution in [0, 0.1) is 5.41 Å². The van der Waals surface area contributed by atoms with Gasteiger partial charge in [0.25, 0.3) is 0 Å². The lowest BCUT2D eigenvalue weighted by Gasteiger charge is -2.36. The third-order valence-corrected chi connectivity index (χ3v) is 4.84. The molecule has 0 bridgehead atoms. The van der Waals surface area contributed by atoms with Crippen LogP contribution >= 0.6 is 11.3 Å². The van der Waals surface area contributed by atoms with Crippen molar-refractivity contribution >= 4 is 17.3 Å². The van der Waals surface area contributed by atoms with Crippen LogP contribution in [0.3, 0.4) is 0 Å². The van der Waals surface area contributed by atoms with Gasteiger partial charge in [0.05, 0.1) is 12.0 Å². The van der Waals surface area contributed by atoms with Gasteiger partial charge < -0.3 is 10.5 Å². The maximum Gasteiger partial charge on any atom is 0.313 e. The largest absolute Gasteiger partial charge is 0.465 e. The average molecular weight is 267 g/mol. The minimum Gasteiger partial charge on any atom is -0.465 e. The summed E-state index contributed by atoms with van der Waals surface area (Å²) in [6, 6.07) is 4.02. The quantitative estimate of drug-likeness (QED) is 0.853. The van der Waals surface area contributed by atoms with Crippen LogP contribution in [0.2, 0.25) is 0 Å². The summed E-state index contributed by atoms with van der Waals surface area (Å²) in [5, 5.41) is 2.04. The summed E-state index contributed by atoms with van der Waals surface area (Å²) in [5.74, 6) is -0.119. The third kappa shape index (κ3) is 2.93. The number of nitrogens with two attached hydrogens (primary N) is 1. The Labute approximate surface area is 112 Å². The highest BCUT2D eigenvalue weighted by molar-refractivity contribution is 7.09. The Morgan fingerprint density at radius 2 is 2.44 bits per heavy atom. The second kappa shape index (κ2) is 5.85. The number of carbonyl (C=O) groups is 1. The van der Waals surface area contributed by atoms with Crippen molar-refractivity contribution < 1.29 is 9.53 Å². The van der Waals surface area contributed by atoms with E-state index in [0.29, 0.717) is 6.61 Å². The molecule has 1 fully saturated rings. The van der Waals surface area contributed by atoms with Crippen molar-refractivity contribution in [2.45, 2.75) is 45.1 Å². The second-order valence-corrected chi connectivity index (χ2v) is 6.27. The number of hydrogen-bond donors (Lipinski definition) is 1. The zero-order valence-electron chi connectivity index (χ0n) is 10.9. The van der Waals surface area contributed by atoms with Crippen LogP contribution in [0.5, 0.6) is 0 Å². The predicted molar refractivity (Wildman–Crippen MR) is 73.5 cm³/mol. The number of thiophene rings is 1. The van der Waals surface area contributed by atoms with E-state index in [0.717, 1.165) is 32.1 Å². The Bertz CT molecular complexity index is 391. The van der Waals surface area contributed by atoms with Crippen molar-refractivity contribution in [1.29, 1.82) is 0 Å². The Kier molecular flexibility index (Phi) is 4.40. The van der Waals surface area contributed by atoms with Crippen LogP contribution in [0.25, 0.3) is 0 Å². The van der Waals surface area contributed by atoms with Gasteiger partial charge in [0.1, 0.15) is 0 Å². The third-order valence-electron chi connectivity index (χ3n) is 3.91. The maximum atomic E-state index is 12.2. The molecule has 0 saturated heterocycles. The fourth-order valence-electron chi connectivity index (χ4n) is 2.48. The minimum absolute atomic E-state index is 0.0551. The number of ether oxygens (including phenoxy) is 1. The van der Waals surface area contributed by atoms with Gasteiger partial charge in [0.15, 0.2) is 0 Å². The van der Waals surface area contributed by atoms with Crippen molar-refractivity contribution in [3.63, 3.8) is 0 Å². The van der Waals surface area contributed by atoms with E-state index in [4.69, 9.17) is 10.5 Å². The van der Waals surface area contributed by atoms with Crippen molar-refractivity contribution in [2.24, 2.45) is 11.1 Å². The standard InChI is InChI=1S/C14H21NO2S/c1-14(8-3-2-6-12(14)15)13(16)17-9-7-11-5-4-10-18-11/h4-5,10,12H,2-3,6-9,15H2,1H3. The van der Waals surface area contributed by atoms with Gasteiger partial charge >= 0.3 is 5.97 Å². The molecule has 100 valence electrons. The molecule has 0 aliphatic heterocycles. The van der Waals surface area contributed by atoms with E-state index < -0.39 is 5.41 Å². The van der Waals surface area contributed by atoms with Gasteiger partial charge in [0.2, 0.25) is 0 Å². The van der Waals surface area contributed by atoms with E-state index in [-0.39, 0.29) is 12.0 Å². The fourth-order valence-corrected chi connectivity index (χ4v) is 3.17. The van der Waals surface area contributed by atoms with Gasteiger partial charge in [0, 0.05) is 17.3 Å². The van der Waals surface area contributed by atoms with Gasteiger partial charge in [-0.1, -0.05) is 18.9 Å². The van der Waals surface area contributed by atoms with E-state index >= 15 is 0 Å². The van der Waals surface area contributed by atoms with Crippen LogP contribution in [-0.2, 0) is 16.0 Å². The Morgan fingerprint density at radius 1 is 1.61 bits per heavy atom. The number of hydrogen-bond acceptors (Lipinski definition) is 4. The fraction of sp³-hybridized carbons (Fsp3) is 0.643. The minimum atomic E-state index is -0.478. The molecule has 4 heteroatoms. The molecule has 0 amide bonds. The molecule has 3 nitrogen and oxygen atoms in total. The number of carbonyl (C=O) groups excluding carboxylic acids is 1. The first-order chi connectivity index (χ1) is 8.63. The highest BCUT2D eigenvalue weighted by Gasteiger charge is 2.42. The molecule has 1 aromatic rings. The van der Waals surface area contributed by atoms with E-state index in [1.807, 2.05) is 18.4 Å². The molecule has 1 aliphatic carbocycles. The van der Waals surface area contributed by atoms with Crippen LogP contribution in [0.1, 0.15) is 37.5 Å². The van der Waals surface area contributed by atoms with Crippen LogP contribution in [-0.4, -0.2) is 18.6 Å². The lowest BCUT2D eigenvalue weighted by molar-refractivity contribution is -0.157. The molecule has 18 heavy (non-hydrogen) atoms. The summed E-state index contributed by atoms with van der Waals surface area (Å²) in [4.78, 5) is 13.4. The molecule has 2 unspecified atom stereocenters. The van der Waals surface area contributed by atoms with Crippen molar-refractivity contribution in [2.75, 3.05) is 6.61 Å².